The van der Waals surface area contributed by atoms with E-state index in [1.54, 1.807) is 0 Å². The molecular formula is C18H27N3O2. The highest BCUT2D eigenvalue weighted by Gasteiger charge is 2.24. The lowest BCUT2D eigenvalue weighted by molar-refractivity contribution is 0.177. The number of benzene rings is 1. The molecule has 0 aromatic heterocycles. The third-order valence-electron chi connectivity index (χ3n) is 5.17. The summed E-state index contributed by atoms with van der Waals surface area (Å²) >= 11 is 0. The van der Waals surface area contributed by atoms with Gasteiger partial charge in [0, 0.05) is 38.3 Å². The van der Waals surface area contributed by atoms with Crippen LogP contribution < -0.4 is 15.5 Å². The number of para-hydroxylation sites is 1. The molecule has 0 spiro atoms. The molecule has 1 aliphatic heterocycles. The molecule has 3 rings (SSSR count). The van der Waals surface area contributed by atoms with Crippen LogP contribution in [0.25, 0.3) is 0 Å². The highest BCUT2D eigenvalue weighted by molar-refractivity contribution is 5.74. The minimum Gasteiger partial charge on any atom is -0.393 e. The molecule has 1 fully saturated rings. The molecule has 0 bridgehead atoms. The van der Waals surface area contributed by atoms with E-state index in [2.05, 4.69) is 46.8 Å². The Kier molecular flexibility index (Phi) is 5.06. The van der Waals surface area contributed by atoms with Crippen LogP contribution in [0.2, 0.25) is 0 Å². The van der Waals surface area contributed by atoms with Crippen molar-refractivity contribution in [2.75, 3.05) is 31.6 Å². The third kappa shape index (κ3) is 3.96. The lowest BCUT2D eigenvalue weighted by Gasteiger charge is -2.33. The standard InChI is InChI=1S/C18H27N3O2/c1-21-9-8-14(16-4-2-3-5-17(16)21)12-20-18(23)19-11-13-6-7-15(22)10-13/h2-5,13-15,22H,6-12H2,1H3,(H2,19,20,23)/t13-,14+,15-/m0/s1. The number of urea groups is 1. The van der Waals surface area contributed by atoms with Crippen molar-refractivity contribution >= 4 is 11.7 Å². The number of carbonyl (C=O) groups excluding carboxylic acids is 1. The van der Waals surface area contributed by atoms with Crippen molar-refractivity contribution < 1.29 is 9.90 Å². The first-order chi connectivity index (χ1) is 11.1. The van der Waals surface area contributed by atoms with Gasteiger partial charge in [-0.05, 0) is 43.2 Å². The van der Waals surface area contributed by atoms with Crippen molar-refractivity contribution in [1.82, 2.24) is 10.6 Å². The largest absolute Gasteiger partial charge is 0.393 e. The van der Waals surface area contributed by atoms with E-state index in [-0.39, 0.29) is 12.1 Å². The fraction of sp³-hybridized carbons (Fsp3) is 0.611. The Bertz CT molecular complexity index is 549. The van der Waals surface area contributed by atoms with Gasteiger partial charge in [0.25, 0.3) is 0 Å². The molecule has 1 heterocycles. The van der Waals surface area contributed by atoms with Crippen LogP contribution in [0.4, 0.5) is 10.5 Å². The second-order valence-corrected chi connectivity index (χ2v) is 6.89. The van der Waals surface area contributed by atoms with E-state index in [0.717, 1.165) is 32.2 Å². The molecule has 126 valence electrons. The van der Waals surface area contributed by atoms with Crippen molar-refractivity contribution in [2.45, 2.75) is 37.7 Å². The number of amides is 2. The summed E-state index contributed by atoms with van der Waals surface area (Å²) in [6.07, 6.45) is 3.55. The van der Waals surface area contributed by atoms with Gasteiger partial charge in [-0.25, -0.2) is 4.79 Å². The topological polar surface area (TPSA) is 64.6 Å². The molecule has 5 nitrogen and oxygen atoms in total. The Morgan fingerprint density at radius 1 is 1.22 bits per heavy atom. The Hall–Kier alpha value is -1.75. The molecule has 2 amide bonds. The number of rotatable bonds is 4. The zero-order chi connectivity index (χ0) is 16.2. The van der Waals surface area contributed by atoms with Crippen LogP contribution in [0, 0.1) is 5.92 Å². The molecule has 0 saturated heterocycles. The summed E-state index contributed by atoms with van der Waals surface area (Å²) in [5, 5.41) is 15.5. The van der Waals surface area contributed by atoms with Crippen molar-refractivity contribution in [2.24, 2.45) is 5.92 Å². The number of nitrogens with zero attached hydrogens (tertiary/aromatic N) is 1. The minimum atomic E-state index is -0.180. The van der Waals surface area contributed by atoms with Crippen LogP contribution in [0.1, 0.15) is 37.2 Å². The highest BCUT2D eigenvalue weighted by Crippen LogP contribution is 2.33. The van der Waals surface area contributed by atoms with Gasteiger partial charge in [0.05, 0.1) is 6.10 Å². The number of carbonyl (C=O) groups is 1. The number of anilines is 1. The Balaban J connectivity index is 1.47. The van der Waals surface area contributed by atoms with E-state index < -0.39 is 0 Å². The highest BCUT2D eigenvalue weighted by atomic mass is 16.3. The summed E-state index contributed by atoms with van der Waals surface area (Å²) in [6.45, 7) is 2.35. The molecule has 1 aromatic carbocycles. The fourth-order valence-electron chi connectivity index (χ4n) is 3.77. The number of aliphatic hydroxyl groups excluding tert-OH is 1. The van der Waals surface area contributed by atoms with Gasteiger partial charge < -0.3 is 20.6 Å². The van der Waals surface area contributed by atoms with Gasteiger partial charge in [0.2, 0.25) is 0 Å². The lowest BCUT2D eigenvalue weighted by atomic mass is 9.90. The third-order valence-corrected chi connectivity index (χ3v) is 5.17. The maximum absolute atomic E-state index is 12.0. The molecule has 1 saturated carbocycles. The van der Waals surface area contributed by atoms with Crippen LogP contribution in [-0.2, 0) is 0 Å². The second-order valence-electron chi connectivity index (χ2n) is 6.89. The van der Waals surface area contributed by atoms with E-state index in [1.165, 1.54) is 11.3 Å². The molecule has 0 radical (unpaired) electrons. The van der Waals surface area contributed by atoms with Crippen molar-refractivity contribution in [3.8, 4) is 0 Å². The Morgan fingerprint density at radius 3 is 2.78 bits per heavy atom. The summed E-state index contributed by atoms with van der Waals surface area (Å²) in [5.41, 5.74) is 2.59. The van der Waals surface area contributed by atoms with Gasteiger partial charge in [0.1, 0.15) is 0 Å². The number of nitrogens with one attached hydrogen (secondary N) is 2. The molecule has 2 aliphatic rings. The van der Waals surface area contributed by atoms with E-state index in [4.69, 9.17) is 0 Å². The average molecular weight is 317 g/mol. The smallest absolute Gasteiger partial charge is 0.314 e. The van der Waals surface area contributed by atoms with Crippen molar-refractivity contribution in [1.29, 1.82) is 0 Å². The van der Waals surface area contributed by atoms with Gasteiger partial charge >= 0.3 is 6.03 Å². The van der Waals surface area contributed by atoms with Crippen LogP contribution >= 0.6 is 0 Å². The molecule has 0 unspecified atom stereocenters. The van der Waals surface area contributed by atoms with Gasteiger partial charge in [-0.3, -0.25) is 0 Å². The normalized spacial score (nSPS) is 26.7. The Labute approximate surface area is 138 Å². The van der Waals surface area contributed by atoms with Crippen LogP contribution in [0.3, 0.4) is 0 Å². The number of hydrogen-bond donors (Lipinski definition) is 3. The summed E-state index contributed by atoms with van der Waals surface area (Å²) < 4.78 is 0. The molecule has 1 aromatic rings. The summed E-state index contributed by atoms with van der Waals surface area (Å²) in [7, 11) is 2.12. The first-order valence-corrected chi connectivity index (χ1v) is 8.63. The molecule has 1 aliphatic carbocycles. The van der Waals surface area contributed by atoms with Crippen molar-refractivity contribution in [3.05, 3.63) is 29.8 Å². The maximum atomic E-state index is 12.0. The first kappa shape index (κ1) is 16.1. The zero-order valence-corrected chi connectivity index (χ0v) is 13.8. The van der Waals surface area contributed by atoms with Gasteiger partial charge in [0.15, 0.2) is 0 Å². The maximum Gasteiger partial charge on any atom is 0.314 e. The first-order valence-electron chi connectivity index (χ1n) is 8.63. The van der Waals surface area contributed by atoms with Crippen LogP contribution in [-0.4, -0.2) is 43.9 Å². The average Bonchev–Trinajstić information content (AvgIpc) is 2.98. The minimum absolute atomic E-state index is 0.0946. The molecular weight excluding hydrogens is 290 g/mol. The molecule has 3 atom stereocenters. The van der Waals surface area contributed by atoms with Gasteiger partial charge in [-0.2, -0.15) is 0 Å². The number of aliphatic hydroxyl groups is 1. The SMILES string of the molecule is CN1CC[C@H](CNC(=O)NC[C@H]2CC[C@H](O)C2)c2ccccc21. The fourth-order valence-corrected chi connectivity index (χ4v) is 3.77. The quantitative estimate of drug-likeness (QED) is 0.796. The van der Waals surface area contributed by atoms with Crippen LogP contribution in [0.15, 0.2) is 24.3 Å². The van der Waals surface area contributed by atoms with E-state index in [0.29, 0.717) is 24.9 Å². The predicted octanol–water partition coefficient (Wildman–Crippen LogP) is 2.07. The van der Waals surface area contributed by atoms with E-state index in [9.17, 15) is 9.90 Å². The monoisotopic (exact) mass is 317 g/mol. The zero-order valence-electron chi connectivity index (χ0n) is 13.8. The second kappa shape index (κ2) is 7.21. The van der Waals surface area contributed by atoms with E-state index in [1.807, 2.05) is 0 Å². The predicted molar refractivity (Wildman–Crippen MR) is 91.8 cm³/mol. The number of fused-ring (bicyclic) bond motifs is 1. The van der Waals surface area contributed by atoms with Gasteiger partial charge in [-0.15, -0.1) is 0 Å². The molecule has 5 heteroatoms. The van der Waals surface area contributed by atoms with Gasteiger partial charge in [-0.1, -0.05) is 18.2 Å². The molecule has 3 N–H and O–H groups in total. The summed E-state index contributed by atoms with van der Waals surface area (Å²) in [6, 6.07) is 8.34. The summed E-state index contributed by atoms with van der Waals surface area (Å²) in [4.78, 5) is 14.3. The summed E-state index contributed by atoms with van der Waals surface area (Å²) in [5.74, 6) is 0.793. The number of hydrogen-bond acceptors (Lipinski definition) is 3. The lowest BCUT2D eigenvalue weighted by Crippen LogP contribution is -2.41. The van der Waals surface area contributed by atoms with Crippen molar-refractivity contribution in [3.63, 3.8) is 0 Å². The van der Waals surface area contributed by atoms with Crippen LogP contribution in [0.5, 0.6) is 0 Å². The molecule has 23 heavy (non-hydrogen) atoms. The van der Waals surface area contributed by atoms with E-state index >= 15 is 0 Å². The Morgan fingerprint density at radius 2 is 2.00 bits per heavy atom.